The summed E-state index contributed by atoms with van der Waals surface area (Å²) in [6, 6.07) is -0.258. The van der Waals surface area contributed by atoms with Gasteiger partial charge >= 0.3 is 0 Å². The number of hydrogen-bond acceptors (Lipinski definition) is 3. The minimum Gasteiger partial charge on any atom is -0.368 e. The zero-order chi connectivity index (χ0) is 9.42. The first-order valence-corrected chi connectivity index (χ1v) is 4.27. The summed E-state index contributed by atoms with van der Waals surface area (Å²) < 4.78 is 1.94. The Morgan fingerprint density at radius 1 is 1.69 bits per heavy atom. The first-order valence-electron chi connectivity index (χ1n) is 4.27. The molecule has 1 unspecified atom stereocenters. The number of nitrogens with two attached hydrogens (primary N) is 2. The van der Waals surface area contributed by atoms with E-state index < -0.39 is 11.9 Å². The van der Waals surface area contributed by atoms with Gasteiger partial charge in [-0.15, -0.1) is 0 Å². The summed E-state index contributed by atoms with van der Waals surface area (Å²) in [5.74, 6) is -0.512. The van der Waals surface area contributed by atoms with Crippen LogP contribution >= 0.6 is 0 Å². The average molecular weight is 180 g/mol. The molecule has 1 aromatic heterocycles. The molecule has 0 aliphatic heterocycles. The van der Waals surface area contributed by atoms with Crippen LogP contribution in [0.25, 0.3) is 0 Å². The Labute approximate surface area is 75.7 Å². The quantitative estimate of drug-likeness (QED) is 0.669. The number of rotatable bonds is 3. The van der Waals surface area contributed by atoms with Crippen molar-refractivity contribution < 1.29 is 4.79 Å². The molecule has 0 radical (unpaired) electrons. The molecule has 1 aliphatic carbocycles. The maximum Gasteiger partial charge on any atom is 0.240 e. The van der Waals surface area contributed by atoms with Crippen LogP contribution in [-0.2, 0) is 4.79 Å². The van der Waals surface area contributed by atoms with Gasteiger partial charge < -0.3 is 16.0 Å². The van der Waals surface area contributed by atoms with E-state index in [0.29, 0.717) is 6.04 Å². The minimum atomic E-state index is -0.733. The molecule has 70 valence electrons. The van der Waals surface area contributed by atoms with E-state index in [4.69, 9.17) is 11.5 Å². The summed E-state index contributed by atoms with van der Waals surface area (Å²) in [4.78, 5) is 14.8. The van der Waals surface area contributed by atoms with Crippen LogP contribution in [0.15, 0.2) is 12.5 Å². The Balaban J connectivity index is 2.27. The molecule has 1 amide bonds. The fraction of sp³-hybridized carbons (Fsp3) is 0.500. The average Bonchev–Trinajstić information content (AvgIpc) is 2.83. The fourth-order valence-corrected chi connectivity index (χ4v) is 1.36. The first-order chi connectivity index (χ1) is 6.20. The number of primary amides is 1. The topological polar surface area (TPSA) is 86.9 Å². The lowest BCUT2D eigenvalue weighted by atomic mass is 10.2. The summed E-state index contributed by atoms with van der Waals surface area (Å²) in [5, 5.41) is 0. The summed E-state index contributed by atoms with van der Waals surface area (Å²) in [5.41, 5.74) is 11.4. The molecule has 5 heteroatoms. The van der Waals surface area contributed by atoms with E-state index in [1.54, 1.807) is 12.5 Å². The Bertz CT molecular complexity index is 329. The van der Waals surface area contributed by atoms with Crippen molar-refractivity contribution in [1.82, 2.24) is 9.55 Å². The zero-order valence-electron chi connectivity index (χ0n) is 7.18. The lowest BCUT2D eigenvalue weighted by Gasteiger charge is -2.10. The van der Waals surface area contributed by atoms with Crippen LogP contribution in [0.1, 0.15) is 30.6 Å². The van der Waals surface area contributed by atoms with Crippen molar-refractivity contribution in [2.24, 2.45) is 11.5 Å². The predicted octanol–water partition coefficient (Wildman–Crippen LogP) is -0.297. The van der Waals surface area contributed by atoms with E-state index in [1.807, 2.05) is 4.57 Å². The van der Waals surface area contributed by atoms with E-state index in [1.165, 1.54) is 0 Å². The normalized spacial score (nSPS) is 18.5. The third kappa shape index (κ3) is 1.42. The molecular weight excluding hydrogens is 168 g/mol. The van der Waals surface area contributed by atoms with Crippen LogP contribution in [0.3, 0.4) is 0 Å². The van der Waals surface area contributed by atoms with Gasteiger partial charge in [0.05, 0.1) is 18.2 Å². The second kappa shape index (κ2) is 2.85. The molecule has 1 aliphatic rings. The van der Waals surface area contributed by atoms with Crippen molar-refractivity contribution in [3.8, 4) is 0 Å². The lowest BCUT2D eigenvalue weighted by Crippen LogP contribution is -2.29. The van der Waals surface area contributed by atoms with E-state index in [2.05, 4.69) is 4.98 Å². The molecule has 1 fully saturated rings. The van der Waals surface area contributed by atoms with Crippen LogP contribution in [-0.4, -0.2) is 15.5 Å². The molecule has 2 rings (SSSR count). The van der Waals surface area contributed by atoms with Crippen LogP contribution < -0.4 is 11.5 Å². The van der Waals surface area contributed by atoms with Gasteiger partial charge in [0.25, 0.3) is 0 Å². The van der Waals surface area contributed by atoms with Crippen molar-refractivity contribution in [3.63, 3.8) is 0 Å². The van der Waals surface area contributed by atoms with Crippen molar-refractivity contribution in [1.29, 1.82) is 0 Å². The highest BCUT2D eigenvalue weighted by molar-refractivity contribution is 5.80. The highest BCUT2D eigenvalue weighted by atomic mass is 16.1. The summed E-state index contributed by atoms with van der Waals surface area (Å²) in [6.07, 6.45) is 5.58. The molecule has 1 heterocycles. The van der Waals surface area contributed by atoms with Gasteiger partial charge in [0.15, 0.2) is 0 Å². The lowest BCUT2D eigenvalue weighted by molar-refractivity contribution is -0.119. The maximum atomic E-state index is 10.8. The number of amides is 1. The minimum absolute atomic E-state index is 0.475. The molecule has 5 nitrogen and oxygen atoms in total. The molecule has 4 N–H and O–H groups in total. The van der Waals surface area contributed by atoms with Gasteiger partial charge in [-0.1, -0.05) is 0 Å². The van der Waals surface area contributed by atoms with Crippen molar-refractivity contribution in [2.45, 2.75) is 24.9 Å². The summed E-state index contributed by atoms with van der Waals surface area (Å²) in [7, 11) is 0. The van der Waals surface area contributed by atoms with E-state index in [0.717, 1.165) is 18.5 Å². The molecule has 0 bridgehead atoms. The SMILES string of the molecule is NC(=O)C(N)c1cncn1C1CC1. The molecule has 1 aromatic rings. The summed E-state index contributed by atoms with van der Waals surface area (Å²) in [6.45, 7) is 0. The highest BCUT2D eigenvalue weighted by Crippen LogP contribution is 2.36. The Morgan fingerprint density at radius 3 is 2.92 bits per heavy atom. The molecule has 0 spiro atoms. The number of carbonyl (C=O) groups excluding carboxylic acids is 1. The van der Waals surface area contributed by atoms with E-state index in [-0.39, 0.29) is 0 Å². The monoisotopic (exact) mass is 180 g/mol. The Morgan fingerprint density at radius 2 is 2.38 bits per heavy atom. The van der Waals surface area contributed by atoms with Gasteiger partial charge in [-0.05, 0) is 12.8 Å². The molecule has 13 heavy (non-hydrogen) atoms. The molecule has 0 aromatic carbocycles. The van der Waals surface area contributed by atoms with E-state index in [9.17, 15) is 4.79 Å². The molecule has 1 atom stereocenters. The highest BCUT2D eigenvalue weighted by Gasteiger charge is 2.28. The maximum absolute atomic E-state index is 10.8. The van der Waals surface area contributed by atoms with Crippen molar-refractivity contribution >= 4 is 5.91 Å². The second-order valence-corrected chi connectivity index (χ2v) is 3.34. The standard InChI is InChI=1S/C8H12N4O/c9-7(8(10)13)6-3-11-4-12(6)5-1-2-5/h3-5,7H,1-2,9H2,(H2,10,13). The molecular formula is C8H12N4O. The second-order valence-electron chi connectivity index (χ2n) is 3.34. The fourth-order valence-electron chi connectivity index (χ4n) is 1.36. The van der Waals surface area contributed by atoms with E-state index >= 15 is 0 Å². The van der Waals surface area contributed by atoms with Gasteiger partial charge in [0.1, 0.15) is 6.04 Å². The first kappa shape index (κ1) is 8.25. The van der Waals surface area contributed by atoms with Gasteiger partial charge in [-0.2, -0.15) is 0 Å². The van der Waals surface area contributed by atoms with Crippen LogP contribution in [0.4, 0.5) is 0 Å². The van der Waals surface area contributed by atoms with Gasteiger partial charge in [-0.3, -0.25) is 4.79 Å². The number of imidazole rings is 1. The third-order valence-electron chi connectivity index (χ3n) is 2.26. The smallest absolute Gasteiger partial charge is 0.240 e. The molecule has 0 saturated heterocycles. The molecule has 1 saturated carbocycles. The van der Waals surface area contributed by atoms with Gasteiger partial charge in [0.2, 0.25) is 5.91 Å². The third-order valence-corrected chi connectivity index (χ3v) is 2.26. The number of nitrogens with zero attached hydrogens (tertiary/aromatic N) is 2. The van der Waals surface area contributed by atoms with Gasteiger partial charge in [-0.25, -0.2) is 4.98 Å². The largest absolute Gasteiger partial charge is 0.368 e. The Hall–Kier alpha value is -1.36. The Kier molecular flexibility index (Phi) is 1.81. The van der Waals surface area contributed by atoms with Gasteiger partial charge in [0, 0.05) is 6.04 Å². The number of carbonyl (C=O) groups is 1. The van der Waals surface area contributed by atoms with Crippen LogP contribution in [0.2, 0.25) is 0 Å². The summed E-state index contributed by atoms with van der Waals surface area (Å²) >= 11 is 0. The zero-order valence-corrected chi connectivity index (χ0v) is 7.18. The van der Waals surface area contributed by atoms with Crippen molar-refractivity contribution in [2.75, 3.05) is 0 Å². The number of hydrogen-bond donors (Lipinski definition) is 2. The van der Waals surface area contributed by atoms with Crippen molar-refractivity contribution in [3.05, 3.63) is 18.2 Å². The number of aromatic nitrogens is 2. The predicted molar refractivity (Wildman–Crippen MR) is 46.6 cm³/mol. The van der Waals surface area contributed by atoms with Crippen LogP contribution in [0.5, 0.6) is 0 Å². The van der Waals surface area contributed by atoms with Crippen LogP contribution in [0, 0.1) is 0 Å².